The summed E-state index contributed by atoms with van der Waals surface area (Å²) in [5.41, 5.74) is 6.17. The number of sulfone groups is 1. The lowest BCUT2D eigenvalue weighted by molar-refractivity contribution is 0.278. The number of hydrogen-bond acceptors (Lipinski definition) is 4. The van der Waals surface area contributed by atoms with Crippen molar-refractivity contribution in [3.8, 4) is 5.75 Å². The van der Waals surface area contributed by atoms with Gasteiger partial charge in [0.05, 0.1) is 22.9 Å². The van der Waals surface area contributed by atoms with E-state index in [0.717, 1.165) is 6.42 Å². The second-order valence-electron chi connectivity index (χ2n) is 5.84. The number of nitrogens with two attached hydrogens (primary N) is 1. The van der Waals surface area contributed by atoms with E-state index in [0.29, 0.717) is 36.1 Å². The second kappa shape index (κ2) is 5.64. The molecule has 4 nitrogen and oxygen atoms in total. The zero-order valence-corrected chi connectivity index (χ0v) is 13.1. The lowest BCUT2D eigenvalue weighted by atomic mass is 9.81. The van der Waals surface area contributed by atoms with Gasteiger partial charge < -0.3 is 10.5 Å². The lowest BCUT2D eigenvalue weighted by Gasteiger charge is -2.32. The van der Waals surface area contributed by atoms with E-state index < -0.39 is 9.84 Å². The third kappa shape index (κ3) is 2.77. The molecule has 112 valence electrons. The first-order chi connectivity index (χ1) is 9.36. The minimum Gasteiger partial charge on any atom is -0.497 e. The fourth-order valence-corrected chi connectivity index (χ4v) is 4.89. The predicted octanol–water partition coefficient (Wildman–Crippen LogP) is 2.88. The van der Waals surface area contributed by atoms with Crippen molar-refractivity contribution in [3.05, 3.63) is 18.2 Å². The third-order valence-corrected chi connectivity index (χ3v) is 6.79. The Morgan fingerprint density at radius 1 is 1.20 bits per heavy atom. The van der Waals surface area contributed by atoms with Gasteiger partial charge in [0.15, 0.2) is 9.84 Å². The van der Waals surface area contributed by atoms with E-state index in [1.54, 1.807) is 12.1 Å². The largest absolute Gasteiger partial charge is 0.497 e. The molecule has 2 N–H and O–H groups in total. The van der Waals surface area contributed by atoms with Crippen molar-refractivity contribution in [2.24, 2.45) is 11.8 Å². The van der Waals surface area contributed by atoms with Crippen molar-refractivity contribution in [3.63, 3.8) is 0 Å². The number of methoxy groups -OCH3 is 1. The highest BCUT2D eigenvalue weighted by Crippen LogP contribution is 2.37. The molecule has 0 amide bonds. The summed E-state index contributed by atoms with van der Waals surface area (Å²) in [5, 5.41) is -0.330. The molecule has 1 aliphatic carbocycles. The first-order valence-corrected chi connectivity index (χ1v) is 8.58. The number of anilines is 1. The molecule has 0 saturated heterocycles. The Kier molecular flexibility index (Phi) is 4.28. The Bertz CT molecular complexity index is 583. The van der Waals surface area contributed by atoms with Crippen molar-refractivity contribution in [1.29, 1.82) is 0 Å². The van der Waals surface area contributed by atoms with E-state index in [1.165, 1.54) is 13.2 Å². The summed E-state index contributed by atoms with van der Waals surface area (Å²) < 4.78 is 30.7. The van der Waals surface area contributed by atoms with Crippen LogP contribution in [0.2, 0.25) is 0 Å². The number of hydrogen-bond donors (Lipinski definition) is 1. The molecule has 1 aliphatic rings. The Morgan fingerprint density at radius 2 is 1.90 bits per heavy atom. The molecule has 20 heavy (non-hydrogen) atoms. The SMILES string of the molecule is COc1ccc(N)c(S(=O)(=O)C2CCC(C)C(C)C2)c1. The average Bonchev–Trinajstić information content (AvgIpc) is 2.42. The van der Waals surface area contributed by atoms with Gasteiger partial charge in [-0.05, 0) is 43.2 Å². The van der Waals surface area contributed by atoms with Gasteiger partial charge in [0.25, 0.3) is 0 Å². The van der Waals surface area contributed by atoms with Crippen LogP contribution in [0.25, 0.3) is 0 Å². The van der Waals surface area contributed by atoms with E-state index in [4.69, 9.17) is 10.5 Å². The highest BCUT2D eigenvalue weighted by atomic mass is 32.2. The van der Waals surface area contributed by atoms with Gasteiger partial charge in [-0.2, -0.15) is 0 Å². The van der Waals surface area contributed by atoms with Crippen LogP contribution >= 0.6 is 0 Å². The normalized spacial score (nSPS) is 27.2. The maximum absolute atomic E-state index is 12.8. The molecule has 0 heterocycles. The van der Waals surface area contributed by atoms with E-state index >= 15 is 0 Å². The van der Waals surface area contributed by atoms with Gasteiger partial charge in [-0.15, -0.1) is 0 Å². The van der Waals surface area contributed by atoms with Crippen molar-refractivity contribution in [2.75, 3.05) is 12.8 Å². The number of rotatable bonds is 3. The van der Waals surface area contributed by atoms with Crippen LogP contribution in [0.5, 0.6) is 5.75 Å². The van der Waals surface area contributed by atoms with Crippen LogP contribution in [-0.2, 0) is 9.84 Å². The summed E-state index contributed by atoms with van der Waals surface area (Å²) in [4.78, 5) is 0.212. The highest BCUT2D eigenvalue weighted by molar-refractivity contribution is 7.92. The molecule has 1 aromatic rings. The lowest BCUT2D eigenvalue weighted by Crippen LogP contribution is -2.31. The summed E-state index contributed by atoms with van der Waals surface area (Å²) in [5.74, 6) is 1.54. The number of ether oxygens (including phenoxy) is 1. The minimum atomic E-state index is -3.39. The summed E-state index contributed by atoms with van der Waals surface area (Å²) in [6.07, 6.45) is 2.37. The molecule has 1 fully saturated rings. The second-order valence-corrected chi connectivity index (χ2v) is 8.03. The van der Waals surface area contributed by atoms with E-state index in [-0.39, 0.29) is 10.1 Å². The average molecular weight is 297 g/mol. The first-order valence-electron chi connectivity index (χ1n) is 7.03. The summed E-state index contributed by atoms with van der Waals surface area (Å²) in [7, 11) is -1.87. The van der Waals surface area contributed by atoms with Crippen molar-refractivity contribution >= 4 is 15.5 Å². The molecule has 3 atom stereocenters. The summed E-state index contributed by atoms with van der Waals surface area (Å²) in [6, 6.07) is 4.81. The fourth-order valence-electron chi connectivity index (χ4n) is 2.85. The van der Waals surface area contributed by atoms with Crippen LogP contribution in [0.1, 0.15) is 33.1 Å². The molecule has 1 aromatic carbocycles. The topological polar surface area (TPSA) is 69.4 Å². The molecule has 2 rings (SSSR count). The van der Waals surface area contributed by atoms with Gasteiger partial charge >= 0.3 is 0 Å². The molecule has 0 radical (unpaired) electrons. The Morgan fingerprint density at radius 3 is 2.50 bits per heavy atom. The fraction of sp³-hybridized carbons (Fsp3) is 0.600. The summed E-state index contributed by atoms with van der Waals surface area (Å²) >= 11 is 0. The molecule has 0 spiro atoms. The predicted molar refractivity (Wildman–Crippen MR) is 80.6 cm³/mol. The Labute approximate surface area is 121 Å². The molecular formula is C15H23NO3S. The molecular weight excluding hydrogens is 274 g/mol. The van der Waals surface area contributed by atoms with Crippen LogP contribution in [0.15, 0.2) is 23.1 Å². The van der Waals surface area contributed by atoms with Gasteiger partial charge in [-0.1, -0.05) is 13.8 Å². The molecule has 5 heteroatoms. The van der Waals surface area contributed by atoms with Crippen LogP contribution in [0.3, 0.4) is 0 Å². The van der Waals surface area contributed by atoms with E-state index in [2.05, 4.69) is 13.8 Å². The van der Waals surface area contributed by atoms with Crippen molar-refractivity contribution in [2.45, 2.75) is 43.3 Å². The van der Waals surface area contributed by atoms with Gasteiger partial charge in [-0.3, -0.25) is 0 Å². The molecule has 0 bridgehead atoms. The van der Waals surface area contributed by atoms with E-state index in [1.807, 2.05) is 0 Å². The maximum atomic E-state index is 12.8. The Balaban J connectivity index is 2.35. The zero-order chi connectivity index (χ0) is 14.9. The monoisotopic (exact) mass is 297 g/mol. The van der Waals surface area contributed by atoms with Gasteiger partial charge in [-0.25, -0.2) is 8.42 Å². The Hall–Kier alpha value is -1.23. The quantitative estimate of drug-likeness (QED) is 0.871. The molecule has 3 unspecified atom stereocenters. The molecule has 0 aliphatic heterocycles. The first kappa shape index (κ1) is 15.2. The van der Waals surface area contributed by atoms with Crippen molar-refractivity contribution < 1.29 is 13.2 Å². The standard InChI is InChI=1S/C15H23NO3S/c1-10-4-6-13(8-11(10)2)20(17,18)15-9-12(19-3)5-7-14(15)16/h5,7,9-11,13H,4,6,8,16H2,1-3H3. The molecule has 0 aromatic heterocycles. The molecule has 1 saturated carbocycles. The van der Waals surface area contributed by atoms with Crippen LogP contribution in [0, 0.1) is 11.8 Å². The smallest absolute Gasteiger partial charge is 0.183 e. The van der Waals surface area contributed by atoms with Crippen LogP contribution < -0.4 is 10.5 Å². The summed E-state index contributed by atoms with van der Waals surface area (Å²) in [6.45, 7) is 4.31. The number of benzene rings is 1. The van der Waals surface area contributed by atoms with Gasteiger partial charge in [0.2, 0.25) is 0 Å². The minimum absolute atomic E-state index is 0.212. The third-order valence-electron chi connectivity index (χ3n) is 4.52. The van der Waals surface area contributed by atoms with Crippen LogP contribution in [-0.4, -0.2) is 20.8 Å². The van der Waals surface area contributed by atoms with Gasteiger partial charge in [0, 0.05) is 6.07 Å². The zero-order valence-electron chi connectivity index (χ0n) is 12.3. The van der Waals surface area contributed by atoms with Crippen molar-refractivity contribution in [1.82, 2.24) is 0 Å². The van der Waals surface area contributed by atoms with Gasteiger partial charge in [0.1, 0.15) is 5.75 Å². The van der Waals surface area contributed by atoms with E-state index in [9.17, 15) is 8.42 Å². The highest BCUT2D eigenvalue weighted by Gasteiger charge is 2.35. The van der Waals surface area contributed by atoms with Crippen LogP contribution in [0.4, 0.5) is 5.69 Å². The maximum Gasteiger partial charge on any atom is 0.183 e. The number of nitrogen functional groups attached to an aromatic ring is 1.